The normalized spacial score (nSPS) is 37.0. The first-order valence-electron chi connectivity index (χ1n) is 8.25. The monoisotopic (exact) mass is 292 g/mol. The van der Waals surface area contributed by atoms with E-state index >= 15 is 0 Å². The summed E-state index contributed by atoms with van der Waals surface area (Å²) in [5, 5.41) is 3.62. The SMILES string of the molecule is C/C=C1/CN2CCC34C(=C(C=O)[C@H]1C[C@@H]23)Nc1ccccc14. The molecular weight excluding hydrogens is 272 g/mol. The number of carbonyl (C=O) groups is 1. The van der Waals surface area contributed by atoms with Gasteiger partial charge in [-0.25, -0.2) is 0 Å². The van der Waals surface area contributed by atoms with Gasteiger partial charge in [-0.15, -0.1) is 0 Å². The Kier molecular flexibility index (Phi) is 2.36. The lowest BCUT2D eigenvalue weighted by atomic mass is 9.62. The highest BCUT2D eigenvalue weighted by Crippen LogP contribution is 2.60. The van der Waals surface area contributed by atoms with Crippen LogP contribution in [0.2, 0.25) is 0 Å². The number of hydrogen-bond acceptors (Lipinski definition) is 3. The van der Waals surface area contributed by atoms with E-state index in [2.05, 4.69) is 47.5 Å². The minimum absolute atomic E-state index is 0.0304. The van der Waals surface area contributed by atoms with Crippen molar-refractivity contribution >= 4 is 12.0 Å². The molecule has 1 spiro atoms. The molecule has 1 aromatic carbocycles. The van der Waals surface area contributed by atoms with Gasteiger partial charge in [-0.1, -0.05) is 29.8 Å². The highest BCUT2D eigenvalue weighted by molar-refractivity contribution is 5.84. The van der Waals surface area contributed by atoms with E-state index in [1.54, 1.807) is 0 Å². The van der Waals surface area contributed by atoms with Crippen LogP contribution in [0.1, 0.15) is 25.3 Å². The zero-order chi connectivity index (χ0) is 14.9. The Morgan fingerprint density at radius 1 is 1.36 bits per heavy atom. The van der Waals surface area contributed by atoms with Gasteiger partial charge in [0.2, 0.25) is 0 Å². The third-order valence-electron chi connectivity index (χ3n) is 6.37. The summed E-state index contributed by atoms with van der Waals surface area (Å²) in [6, 6.07) is 9.16. The molecule has 0 saturated carbocycles. The van der Waals surface area contributed by atoms with E-state index in [0.717, 1.165) is 37.8 Å². The smallest absolute Gasteiger partial charge is 0.148 e. The molecule has 1 N–H and O–H groups in total. The van der Waals surface area contributed by atoms with Crippen LogP contribution in [0.15, 0.2) is 47.2 Å². The van der Waals surface area contributed by atoms with E-state index in [1.807, 2.05) is 0 Å². The lowest BCUT2D eigenvalue weighted by molar-refractivity contribution is -0.105. The van der Waals surface area contributed by atoms with Gasteiger partial charge in [0.1, 0.15) is 6.29 Å². The summed E-state index contributed by atoms with van der Waals surface area (Å²) in [7, 11) is 0. The molecule has 22 heavy (non-hydrogen) atoms. The Morgan fingerprint density at radius 2 is 2.23 bits per heavy atom. The fraction of sp³-hybridized carbons (Fsp3) is 0.421. The minimum Gasteiger partial charge on any atom is -0.358 e. The second kappa shape index (κ2) is 4.11. The Hall–Kier alpha value is -1.87. The van der Waals surface area contributed by atoms with Gasteiger partial charge >= 0.3 is 0 Å². The molecule has 2 bridgehead atoms. The number of rotatable bonds is 1. The van der Waals surface area contributed by atoms with Crippen LogP contribution < -0.4 is 5.32 Å². The first-order chi connectivity index (χ1) is 10.8. The van der Waals surface area contributed by atoms with Gasteiger partial charge < -0.3 is 5.32 Å². The largest absolute Gasteiger partial charge is 0.358 e. The molecule has 3 heterocycles. The van der Waals surface area contributed by atoms with Gasteiger partial charge in [0.05, 0.1) is 5.41 Å². The molecule has 3 nitrogen and oxygen atoms in total. The molecule has 1 unspecified atom stereocenters. The summed E-state index contributed by atoms with van der Waals surface area (Å²) in [6.07, 6.45) is 5.55. The number of allylic oxidation sites excluding steroid dienone is 2. The molecule has 2 saturated heterocycles. The maximum Gasteiger partial charge on any atom is 0.148 e. The number of carbonyl (C=O) groups excluding carboxylic acids is 1. The maximum absolute atomic E-state index is 11.9. The Morgan fingerprint density at radius 3 is 3.05 bits per heavy atom. The van der Waals surface area contributed by atoms with Crippen molar-refractivity contribution in [1.82, 2.24) is 4.90 Å². The van der Waals surface area contributed by atoms with E-state index in [-0.39, 0.29) is 5.41 Å². The summed E-state index contributed by atoms with van der Waals surface area (Å²) in [5.74, 6) is 0.312. The summed E-state index contributed by atoms with van der Waals surface area (Å²) < 4.78 is 0. The van der Waals surface area contributed by atoms with Crippen molar-refractivity contribution in [1.29, 1.82) is 0 Å². The standard InChI is InChI=1S/C19H20N2O/c1-2-12-10-21-8-7-19-15-5-3-4-6-16(15)20-18(19)14(11-22)13(12)9-17(19)21/h2-6,11,13,17,20H,7-10H2,1H3/b12-2-/t13-,17+,19?/m0/s1. The van der Waals surface area contributed by atoms with Crippen molar-refractivity contribution in [2.45, 2.75) is 31.2 Å². The molecule has 3 atom stereocenters. The van der Waals surface area contributed by atoms with Crippen LogP contribution in [0.25, 0.3) is 0 Å². The lowest BCUT2D eigenvalue weighted by Gasteiger charge is -2.48. The number of aldehydes is 1. The molecule has 0 aromatic heterocycles. The maximum atomic E-state index is 11.9. The van der Waals surface area contributed by atoms with Crippen molar-refractivity contribution in [2.75, 3.05) is 18.4 Å². The molecule has 112 valence electrons. The zero-order valence-electron chi connectivity index (χ0n) is 12.8. The van der Waals surface area contributed by atoms with Gasteiger partial charge in [0.15, 0.2) is 0 Å². The van der Waals surface area contributed by atoms with Crippen molar-refractivity contribution in [2.24, 2.45) is 5.92 Å². The molecule has 3 aliphatic heterocycles. The predicted octanol–water partition coefficient (Wildman–Crippen LogP) is 2.86. The van der Waals surface area contributed by atoms with E-state index in [9.17, 15) is 4.79 Å². The van der Waals surface area contributed by atoms with Crippen molar-refractivity contribution < 1.29 is 4.79 Å². The highest BCUT2D eigenvalue weighted by Gasteiger charge is 2.60. The highest BCUT2D eigenvalue weighted by atomic mass is 16.1. The fourth-order valence-corrected chi connectivity index (χ4v) is 5.44. The van der Waals surface area contributed by atoms with Gasteiger partial charge in [-0.2, -0.15) is 0 Å². The number of hydrogen-bond donors (Lipinski definition) is 1. The van der Waals surface area contributed by atoms with Crippen LogP contribution in [0.5, 0.6) is 0 Å². The number of nitrogens with one attached hydrogen (secondary N) is 1. The minimum atomic E-state index is 0.0304. The average molecular weight is 292 g/mol. The molecule has 1 aliphatic carbocycles. The molecule has 4 aliphatic rings. The van der Waals surface area contributed by atoms with E-state index in [4.69, 9.17) is 0 Å². The van der Waals surface area contributed by atoms with Gasteiger partial charge in [0, 0.05) is 42.0 Å². The van der Waals surface area contributed by atoms with Crippen molar-refractivity contribution in [3.05, 3.63) is 52.7 Å². The van der Waals surface area contributed by atoms with Crippen LogP contribution in [0.3, 0.4) is 0 Å². The van der Waals surface area contributed by atoms with E-state index in [1.165, 1.54) is 22.5 Å². The molecular formula is C19H20N2O. The van der Waals surface area contributed by atoms with Gasteiger partial charge in [-0.05, 0) is 31.4 Å². The molecule has 5 rings (SSSR count). The average Bonchev–Trinajstić information content (AvgIpc) is 3.11. The van der Waals surface area contributed by atoms with Crippen molar-refractivity contribution in [3.63, 3.8) is 0 Å². The number of fused-ring (bicyclic) bond motifs is 2. The third kappa shape index (κ3) is 1.25. The first-order valence-corrected chi connectivity index (χ1v) is 8.25. The summed E-state index contributed by atoms with van der Waals surface area (Å²) in [6.45, 7) is 4.26. The third-order valence-corrected chi connectivity index (χ3v) is 6.37. The quantitative estimate of drug-likeness (QED) is 0.638. The van der Waals surface area contributed by atoms with Gasteiger partial charge in [0.25, 0.3) is 0 Å². The lowest BCUT2D eigenvalue weighted by Crippen LogP contribution is -2.52. The van der Waals surface area contributed by atoms with E-state index in [0.29, 0.717) is 12.0 Å². The molecule has 0 radical (unpaired) electrons. The summed E-state index contributed by atoms with van der Waals surface area (Å²) in [5.41, 5.74) is 6.25. The summed E-state index contributed by atoms with van der Waals surface area (Å²) >= 11 is 0. The second-order valence-corrected chi connectivity index (χ2v) is 6.98. The van der Waals surface area contributed by atoms with Crippen LogP contribution >= 0.6 is 0 Å². The number of anilines is 1. The molecule has 3 heteroatoms. The number of nitrogens with zero attached hydrogens (tertiary/aromatic N) is 1. The zero-order valence-corrected chi connectivity index (χ0v) is 12.8. The van der Waals surface area contributed by atoms with Crippen LogP contribution in [-0.2, 0) is 10.2 Å². The Balaban J connectivity index is 1.83. The topological polar surface area (TPSA) is 32.3 Å². The van der Waals surface area contributed by atoms with Crippen LogP contribution in [0.4, 0.5) is 5.69 Å². The van der Waals surface area contributed by atoms with Gasteiger partial charge in [-0.3, -0.25) is 9.69 Å². The van der Waals surface area contributed by atoms with Crippen molar-refractivity contribution in [3.8, 4) is 0 Å². The second-order valence-electron chi connectivity index (χ2n) is 6.98. The fourth-order valence-electron chi connectivity index (χ4n) is 5.44. The van der Waals surface area contributed by atoms with Crippen LogP contribution in [-0.4, -0.2) is 30.3 Å². The molecule has 0 amide bonds. The predicted molar refractivity (Wildman–Crippen MR) is 86.7 cm³/mol. The number of piperidine rings is 1. The molecule has 1 aromatic rings. The van der Waals surface area contributed by atoms with E-state index < -0.39 is 0 Å². The Bertz CT molecular complexity index is 748. The molecule has 2 fully saturated rings. The first kappa shape index (κ1) is 12.7. The van der Waals surface area contributed by atoms with Crippen LogP contribution in [0, 0.1) is 5.92 Å². The Labute approximate surface area is 130 Å². The number of benzene rings is 1. The summed E-state index contributed by atoms with van der Waals surface area (Å²) in [4.78, 5) is 14.6. The number of para-hydroxylation sites is 1.